The van der Waals surface area contributed by atoms with Crippen LogP contribution in [-0.4, -0.2) is 26.4 Å². The zero-order valence-electron chi connectivity index (χ0n) is 17.3. The molecule has 1 atom stereocenters. The fraction of sp³-hybridized carbons (Fsp3) is 0.318. The number of benzene rings is 2. The van der Waals surface area contributed by atoms with E-state index >= 15 is 0 Å². The van der Waals surface area contributed by atoms with Crippen LogP contribution >= 0.6 is 23.4 Å². The number of nitrogens with zero attached hydrogens (tertiary/aromatic N) is 3. The molecule has 0 aliphatic heterocycles. The first-order valence-electron chi connectivity index (χ1n) is 9.87. The first-order chi connectivity index (χ1) is 14.5. The van der Waals surface area contributed by atoms with Crippen molar-refractivity contribution < 1.29 is 9.53 Å². The summed E-state index contributed by atoms with van der Waals surface area (Å²) < 4.78 is 7.92. The molecule has 8 heteroatoms. The molecular weight excluding hydrogens is 420 g/mol. The van der Waals surface area contributed by atoms with Gasteiger partial charge >= 0.3 is 0 Å². The summed E-state index contributed by atoms with van der Waals surface area (Å²) in [4.78, 5) is 12.3. The fourth-order valence-corrected chi connectivity index (χ4v) is 3.93. The first-order valence-corrected chi connectivity index (χ1v) is 11.2. The maximum atomic E-state index is 12.3. The summed E-state index contributed by atoms with van der Waals surface area (Å²) in [5.74, 6) is 1.44. The van der Waals surface area contributed by atoms with Gasteiger partial charge in [-0.3, -0.25) is 4.79 Å². The highest BCUT2D eigenvalue weighted by Gasteiger charge is 2.20. The number of nitrogens with one attached hydrogen (secondary N) is 1. The number of ether oxygens (including phenoxy) is 1. The van der Waals surface area contributed by atoms with E-state index in [1.807, 2.05) is 60.9 Å². The van der Waals surface area contributed by atoms with E-state index in [-0.39, 0.29) is 17.8 Å². The minimum Gasteiger partial charge on any atom is -0.481 e. The molecule has 3 aromatic rings. The molecule has 0 aliphatic carbocycles. The number of carbonyl (C=O) groups excluding carboxylic acids is 1. The number of hydrogen-bond acceptors (Lipinski definition) is 5. The van der Waals surface area contributed by atoms with Crippen molar-refractivity contribution in [1.29, 1.82) is 0 Å². The molecule has 3 rings (SSSR count). The molecule has 1 amide bonds. The second kappa shape index (κ2) is 10.5. The number of thioether (sulfide) groups is 1. The third-order valence-electron chi connectivity index (χ3n) is 4.54. The fourth-order valence-electron chi connectivity index (χ4n) is 2.94. The van der Waals surface area contributed by atoms with E-state index in [4.69, 9.17) is 16.3 Å². The zero-order chi connectivity index (χ0) is 21.5. The van der Waals surface area contributed by atoms with Gasteiger partial charge in [-0.05, 0) is 50.1 Å². The van der Waals surface area contributed by atoms with Crippen LogP contribution in [0.5, 0.6) is 5.75 Å². The van der Waals surface area contributed by atoms with Crippen molar-refractivity contribution in [2.75, 3.05) is 11.1 Å². The van der Waals surface area contributed by atoms with Gasteiger partial charge in [-0.1, -0.05) is 54.6 Å². The van der Waals surface area contributed by atoms with Crippen LogP contribution in [0.15, 0.2) is 53.7 Å². The Balaban J connectivity index is 1.62. The largest absolute Gasteiger partial charge is 0.481 e. The Bertz CT molecular complexity index is 991. The average molecular weight is 445 g/mol. The minimum absolute atomic E-state index is 0.0863. The maximum Gasteiger partial charge on any atom is 0.234 e. The highest BCUT2D eigenvalue weighted by Crippen LogP contribution is 2.29. The van der Waals surface area contributed by atoms with Gasteiger partial charge in [-0.2, -0.15) is 0 Å². The van der Waals surface area contributed by atoms with Gasteiger partial charge in [0.2, 0.25) is 5.91 Å². The predicted molar refractivity (Wildman–Crippen MR) is 121 cm³/mol. The lowest BCUT2D eigenvalue weighted by Gasteiger charge is -2.16. The first kappa shape index (κ1) is 22.2. The quantitative estimate of drug-likeness (QED) is 0.448. The van der Waals surface area contributed by atoms with E-state index < -0.39 is 0 Å². The van der Waals surface area contributed by atoms with Crippen LogP contribution in [0.3, 0.4) is 0 Å². The van der Waals surface area contributed by atoms with E-state index in [0.29, 0.717) is 28.3 Å². The molecule has 1 aromatic heterocycles. The van der Waals surface area contributed by atoms with Gasteiger partial charge in [0.25, 0.3) is 0 Å². The van der Waals surface area contributed by atoms with Gasteiger partial charge in [0.05, 0.1) is 10.8 Å². The van der Waals surface area contributed by atoms with Crippen LogP contribution in [0.25, 0.3) is 0 Å². The van der Waals surface area contributed by atoms with Crippen molar-refractivity contribution in [2.45, 2.75) is 45.0 Å². The number of hydrogen-bond donors (Lipinski definition) is 1. The molecule has 0 saturated carbocycles. The van der Waals surface area contributed by atoms with Crippen LogP contribution in [0, 0.1) is 0 Å². The Morgan fingerprint density at radius 2 is 1.90 bits per heavy atom. The highest BCUT2D eigenvalue weighted by atomic mass is 35.5. The van der Waals surface area contributed by atoms with Crippen molar-refractivity contribution in [3.05, 3.63) is 64.9 Å². The standard InChI is InChI=1S/C22H25ClN4O2S/c1-4-16-10-12-17(13-11-16)24-20(28)14-30-22-26-25-21(27(22)5-2)15(3)29-19-9-7-6-8-18(19)23/h6-13,15H,4-5,14H2,1-3H3,(H,24,28)/t15-/m0/s1. The summed E-state index contributed by atoms with van der Waals surface area (Å²) >= 11 is 7.54. The Morgan fingerprint density at radius 1 is 1.17 bits per heavy atom. The summed E-state index contributed by atoms with van der Waals surface area (Å²) in [6, 6.07) is 15.2. The predicted octanol–water partition coefficient (Wildman–Crippen LogP) is 5.38. The van der Waals surface area contributed by atoms with E-state index in [1.165, 1.54) is 17.3 Å². The third kappa shape index (κ3) is 5.55. The van der Waals surface area contributed by atoms with Crippen molar-refractivity contribution in [1.82, 2.24) is 14.8 Å². The van der Waals surface area contributed by atoms with Gasteiger partial charge in [-0.25, -0.2) is 0 Å². The number of aromatic nitrogens is 3. The summed E-state index contributed by atoms with van der Waals surface area (Å²) in [7, 11) is 0. The molecule has 0 saturated heterocycles. The van der Waals surface area contributed by atoms with Gasteiger partial charge in [0.1, 0.15) is 5.75 Å². The number of halogens is 1. The summed E-state index contributed by atoms with van der Waals surface area (Å²) in [6.45, 7) is 6.68. The van der Waals surface area contributed by atoms with Crippen molar-refractivity contribution in [2.24, 2.45) is 0 Å². The monoisotopic (exact) mass is 444 g/mol. The molecule has 0 unspecified atom stereocenters. The third-order valence-corrected chi connectivity index (χ3v) is 5.82. The van der Waals surface area contributed by atoms with Gasteiger partial charge in [0, 0.05) is 12.2 Å². The molecule has 0 bridgehead atoms. The Kier molecular flexibility index (Phi) is 7.76. The van der Waals surface area contributed by atoms with Crippen LogP contribution in [0.2, 0.25) is 5.02 Å². The minimum atomic E-state index is -0.336. The molecule has 0 fully saturated rings. The van der Waals surface area contributed by atoms with Gasteiger partial charge < -0.3 is 14.6 Å². The highest BCUT2D eigenvalue weighted by molar-refractivity contribution is 7.99. The lowest BCUT2D eigenvalue weighted by molar-refractivity contribution is -0.113. The van der Waals surface area contributed by atoms with Crippen LogP contribution in [0.1, 0.15) is 38.3 Å². The molecule has 30 heavy (non-hydrogen) atoms. The number of para-hydroxylation sites is 1. The summed E-state index contributed by atoms with van der Waals surface area (Å²) in [5.41, 5.74) is 2.02. The van der Waals surface area contributed by atoms with Crippen LogP contribution in [-0.2, 0) is 17.8 Å². The van der Waals surface area contributed by atoms with Gasteiger partial charge in [-0.15, -0.1) is 10.2 Å². The topological polar surface area (TPSA) is 69.0 Å². The molecule has 158 valence electrons. The molecule has 2 aromatic carbocycles. The number of rotatable bonds is 9. The van der Waals surface area contributed by atoms with Crippen LogP contribution in [0.4, 0.5) is 5.69 Å². The Hall–Kier alpha value is -2.51. The number of anilines is 1. The molecule has 1 heterocycles. The van der Waals surface area contributed by atoms with E-state index in [2.05, 4.69) is 22.4 Å². The maximum absolute atomic E-state index is 12.3. The Morgan fingerprint density at radius 3 is 2.57 bits per heavy atom. The van der Waals surface area contributed by atoms with E-state index in [0.717, 1.165) is 12.1 Å². The Labute approximate surface area is 186 Å². The molecule has 1 N–H and O–H groups in total. The van der Waals surface area contributed by atoms with Gasteiger partial charge in [0.15, 0.2) is 17.1 Å². The second-order valence-electron chi connectivity index (χ2n) is 6.66. The average Bonchev–Trinajstić information content (AvgIpc) is 3.17. The SMILES string of the molecule is CCc1ccc(NC(=O)CSc2nnc([C@H](C)Oc3ccccc3Cl)n2CC)cc1. The second-order valence-corrected chi connectivity index (χ2v) is 8.01. The molecule has 6 nitrogen and oxygen atoms in total. The normalized spacial score (nSPS) is 11.9. The van der Waals surface area contributed by atoms with Crippen molar-refractivity contribution in [3.8, 4) is 5.75 Å². The number of carbonyl (C=O) groups is 1. The van der Waals surface area contributed by atoms with E-state index in [1.54, 1.807) is 6.07 Å². The molecule has 0 spiro atoms. The summed E-state index contributed by atoms with van der Waals surface area (Å²) in [6.07, 6.45) is 0.634. The zero-order valence-corrected chi connectivity index (χ0v) is 18.8. The molecule has 0 aliphatic rings. The number of aryl methyl sites for hydroxylation is 1. The lowest BCUT2D eigenvalue weighted by Crippen LogP contribution is -2.15. The lowest BCUT2D eigenvalue weighted by atomic mass is 10.1. The number of amides is 1. The molecule has 0 radical (unpaired) electrons. The van der Waals surface area contributed by atoms with Crippen molar-refractivity contribution >= 4 is 35.0 Å². The smallest absolute Gasteiger partial charge is 0.234 e. The summed E-state index contributed by atoms with van der Waals surface area (Å²) in [5, 5.41) is 12.7. The van der Waals surface area contributed by atoms with E-state index in [9.17, 15) is 4.79 Å². The van der Waals surface area contributed by atoms with Crippen LogP contribution < -0.4 is 10.1 Å². The molecular formula is C22H25ClN4O2S. The van der Waals surface area contributed by atoms with Crippen molar-refractivity contribution in [3.63, 3.8) is 0 Å².